The fourth-order valence-corrected chi connectivity index (χ4v) is 1.78. The highest BCUT2D eigenvalue weighted by Gasteiger charge is 2.51. The molecule has 1 N–H and O–H groups in total. The highest BCUT2D eigenvalue weighted by atomic mass is 16.5. The van der Waals surface area contributed by atoms with Crippen molar-refractivity contribution in [2.75, 3.05) is 20.3 Å². The van der Waals surface area contributed by atoms with Gasteiger partial charge in [0.2, 0.25) is 0 Å². The van der Waals surface area contributed by atoms with Crippen LogP contribution in [0.25, 0.3) is 0 Å². The van der Waals surface area contributed by atoms with Crippen molar-refractivity contribution in [3.05, 3.63) is 0 Å². The maximum Gasteiger partial charge on any atom is 0.314 e. The fraction of sp³-hybridized carbons (Fsp3) is 0.917. The van der Waals surface area contributed by atoms with E-state index in [0.29, 0.717) is 6.61 Å². The van der Waals surface area contributed by atoms with E-state index >= 15 is 0 Å². The van der Waals surface area contributed by atoms with E-state index in [1.807, 2.05) is 13.8 Å². The zero-order valence-electron chi connectivity index (χ0n) is 11.2. The number of carbonyl (C=O) groups is 1. The summed E-state index contributed by atoms with van der Waals surface area (Å²) < 4.78 is 10.0. The monoisotopic (exact) mass is 232 g/mol. The fourth-order valence-electron chi connectivity index (χ4n) is 1.78. The first-order valence-electron chi connectivity index (χ1n) is 5.62. The van der Waals surface area contributed by atoms with Gasteiger partial charge in [0.25, 0.3) is 0 Å². The molecule has 0 aromatic carbocycles. The Labute approximate surface area is 97.9 Å². The second kappa shape index (κ2) is 5.64. The lowest BCUT2D eigenvalue weighted by atomic mass is 9.69. The van der Waals surface area contributed by atoms with Crippen molar-refractivity contribution in [2.24, 2.45) is 11.3 Å². The predicted octanol–water partition coefficient (Wildman–Crippen LogP) is 1.61. The Kier molecular flexibility index (Phi) is 5.42. The van der Waals surface area contributed by atoms with Crippen LogP contribution in [0.2, 0.25) is 0 Å². The summed E-state index contributed by atoms with van der Waals surface area (Å²) in [7, 11) is 1.51. The maximum atomic E-state index is 11.9. The molecule has 0 bridgehead atoms. The molecular formula is C12H24O4. The Hall–Kier alpha value is -0.610. The van der Waals surface area contributed by atoms with Crippen LogP contribution in [0.15, 0.2) is 0 Å². The van der Waals surface area contributed by atoms with Gasteiger partial charge in [-0.25, -0.2) is 0 Å². The highest BCUT2D eigenvalue weighted by molar-refractivity contribution is 5.77. The van der Waals surface area contributed by atoms with Gasteiger partial charge in [-0.3, -0.25) is 4.79 Å². The van der Waals surface area contributed by atoms with Gasteiger partial charge in [0.15, 0.2) is 0 Å². The SMILES string of the molecule is CCOC(=O)C(C)(C)C(O)(COC)C(C)C. The van der Waals surface area contributed by atoms with Gasteiger partial charge in [-0.05, 0) is 26.7 Å². The summed E-state index contributed by atoms with van der Waals surface area (Å²) >= 11 is 0. The zero-order valence-corrected chi connectivity index (χ0v) is 11.2. The molecule has 0 aliphatic carbocycles. The molecule has 0 aliphatic heterocycles. The van der Waals surface area contributed by atoms with E-state index < -0.39 is 17.0 Å². The summed E-state index contributed by atoms with van der Waals surface area (Å²) in [6.07, 6.45) is 0. The molecule has 0 spiro atoms. The van der Waals surface area contributed by atoms with Crippen molar-refractivity contribution < 1.29 is 19.4 Å². The number of esters is 1. The molecule has 0 saturated carbocycles. The third-order valence-electron chi connectivity index (χ3n) is 3.19. The number of methoxy groups -OCH3 is 1. The molecule has 0 radical (unpaired) electrons. The minimum absolute atomic E-state index is 0.105. The van der Waals surface area contributed by atoms with Crippen LogP contribution in [-0.4, -0.2) is 37.0 Å². The molecular weight excluding hydrogens is 208 g/mol. The van der Waals surface area contributed by atoms with E-state index in [1.165, 1.54) is 7.11 Å². The molecule has 0 rings (SSSR count). The minimum atomic E-state index is -1.23. The van der Waals surface area contributed by atoms with Crippen LogP contribution < -0.4 is 0 Å². The summed E-state index contributed by atoms with van der Waals surface area (Å²) in [6, 6.07) is 0. The molecule has 0 aromatic heterocycles. The van der Waals surface area contributed by atoms with E-state index in [0.717, 1.165) is 0 Å². The molecule has 0 heterocycles. The number of rotatable bonds is 6. The first-order valence-corrected chi connectivity index (χ1v) is 5.62. The maximum absolute atomic E-state index is 11.9. The van der Waals surface area contributed by atoms with Crippen LogP contribution in [0.3, 0.4) is 0 Å². The van der Waals surface area contributed by atoms with E-state index in [1.54, 1.807) is 20.8 Å². The van der Waals surface area contributed by atoms with Crippen molar-refractivity contribution in [3.8, 4) is 0 Å². The van der Waals surface area contributed by atoms with Crippen molar-refractivity contribution >= 4 is 5.97 Å². The summed E-state index contributed by atoms with van der Waals surface area (Å²) in [5.41, 5.74) is -2.22. The average molecular weight is 232 g/mol. The second-order valence-electron chi connectivity index (χ2n) is 4.86. The number of hydrogen-bond donors (Lipinski definition) is 1. The standard InChI is InChI=1S/C12H24O4/c1-7-16-10(13)11(4,5)12(14,8-15-6)9(2)3/h9,14H,7-8H2,1-6H3. The van der Waals surface area contributed by atoms with Crippen molar-refractivity contribution in [1.29, 1.82) is 0 Å². The van der Waals surface area contributed by atoms with Crippen LogP contribution in [-0.2, 0) is 14.3 Å². The van der Waals surface area contributed by atoms with E-state index in [4.69, 9.17) is 9.47 Å². The Bertz CT molecular complexity index is 235. The van der Waals surface area contributed by atoms with Crippen LogP contribution in [0.4, 0.5) is 0 Å². The van der Waals surface area contributed by atoms with Crippen LogP contribution in [0.1, 0.15) is 34.6 Å². The average Bonchev–Trinajstić information content (AvgIpc) is 2.17. The zero-order chi connectivity index (χ0) is 13.0. The normalized spacial score (nSPS) is 16.0. The number of ether oxygens (including phenoxy) is 2. The molecule has 4 nitrogen and oxygen atoms in total. The van der Waals surface area contributed by atoms with Gasteiger partial charge in [-0.1, -0.05) is 13.8 Å². The Morgan fingerprint density at radius 1 is 1.38 bits per heavy atom. The van der Waals surface area contributed by atoms with Gasteiger partial charge in [0, 0.05) is 7.11 Å². The number of aliphatic hydroxyl groups is 1. The summed E-state index contributed by atoms with van der Waals surface area (Å²) in [4.78, 5) is 11.9. The molecule has 1 atom stereocenters. The first-order chi connectivity index (χ1) is 7.24. The molecule has 0 fully saturated rings. The van der Waals surface area contributed by atoms with Gasteiger partial charge in [0.1, 0.15) is 5.60 Å². The van der Waals surface area contributed by atoms with Crippen LogP contribution >= 0.6 is 0 Å². The number of hydrogen-bond acceptors (Lipinski definition) is 4. The molecule has 1 unspecified atom stereocenters. The van der Waals surface area contributed by atoms with E-state index in [-0.39, 0.29) is 12.5 Å². The van der Waals surface area contributed by atoms with Gasteiger partial charge >= 0.3 is 5.97 Å². The molecule has 0 saturated heterocycles. The summed E-state index contributed by atoms with van der Waals surface area (Å²) in [5.74, 6) is -0.505. The van der Waals surface area contributed by atoms with Crippen LogP contribution in [0.5, 0.6) is 0 Å². The molecule has 0 amide bonds. The lowest BCUT2D eigenvalue weighted by molar-refractivity contribution is -0.186. The Morgan fingerprint density at radius 2 is 1.88 bits per heavy atom. The molecule has 0 aliphatic rings. The summed E-state index contributed by atoms with van der Waals surface area (Å²) in [6.45, 7) is 9.26. The number of carbonyl (C=O) groups excluding carboxylic acids is 1. The highest BCUT2D eigenvalue weighted by Crippen LogP contribution is 2.38. The first kappa shape index (κ1) is 15.4. The quantitative estimate of drug-likeness (QED) is 0.707. The molecule has 16 heavy (non-hydrogen) atoms. The third kappa shape index (κ3) is 2.74. The topological polar surface area (TPSA) is 55.8 Å². The lowest BCUT2D eigenvalue weighted by Crippen LogP contribution is -2.56. The van der Waals surface area contributed by atoms with Crippen molar-refractivity contribution in [1.82, 2.24) is 0 Å². The van der Waals surface area contributed by atoms with E-state index in [9.17, 15) is 9.90 Å². The lowest BCUT2D eigenvalue weighted by Gasteiger charge is -2.43. The van der Waals surface area contributed by atoms with Gasteiger partial charge < -0.3 is 14.6 Å². The smallest absolute Gasteiger partial charge is 0.314 e. The third-order valence-corrected chi connectivity index (χ3v) is 3.19. The van der Waals surface area contributed by atoms with Gasteiger partial charge in [-0.2, -0.15) is 0 Å². The van der Waals surface area contributed by atoms with Crippen molar-refractivity contribution in [3.63, 3.8) is 0 Å². The Balaban J connectivity index is 5.10. The second-order valence-corrected chi connectivity index (χ2v) is 4.86. The molecule has 96 valence electrons. The molecule has 4 heteroatoms. The van der Waals surface area contributed by atoms with Crippen LogP contribution in [0, 0.1) is 11.3 Å². The van der Waals surface area contributed by atoms with Gasteiger partial charge in [0.05, 0.1) is 18.6 Å². The summed E-state index contributed by atoms with van der Waals surface area (Å²) in [5, 5.41) is 10.6. The van der Waals surface area contributed by atoms with Crippen molar-refractivity contribution in [2.45, 2.75) is 40.2 Å². The predicted molar refractivity (Wildman–Crippen MR) is 62.1 cm³/mol. The van der Waals surface area contributed by atoms with Gasteiger partial charge in [-0.15, -0.1) is 0 Å². The largest absolute Gasteiger partial charge is 0.465 e. The van der Waals surface area contributed by atoms with E-state index in [2.05, 4.69) is 0 Å². The molecule has 0 aromatic rings. The minimum Gasteiger partial charge on any atom is -0.465 e. The Morgan fingerprint density at radius 3 is 2.19 bits per heavy atom.